The molecule has 0 amide bonds. The van der Waals surface area contributed by atoms with Gasteiger partial charge in [0.25, 0.3) is 0 Å². The smallest absolute Gasteiger partial charge is 0.315 e. The summed E-state index contributed by atoms with van der Waals surface area (Å²) in [5.74, 6) is -0.130. The molecule has 0 atom stereocenters. The van der Waals surface area contributed by atoms with Gasteiger partial charge in [-0.15, -0.1) is 0 Å². The Morgan fingerprint density at radius 2 is 2.29 bits per heavy atom. The predicted octanol–water partition coefficient (Wildman–Crippen LogP) is 0.0867. The number of rotatable bonds is 1. The molecule has 0 aromatic heterocycles. The van der Waals surface area contributed by atoms with Crippen LogP contribution in [0.4, 0.5) is 0 Å². The molecule has 2 nitrogen and oxygen atoms in total. The SMILES string of the molecule is COC(=O)CS.[Au]. The average Bonchev–Trinajstić information content (AvgIpc) is 1.65. The summed E-state index contributed by atoms with van der Waals surface area (Å²) in [7, 11) is 1.33. The Labute approximate surface area is 63.5 Å². The van der Waals surface area contributed by atoms with Gasteiger partial charge in [0.1, 0.15) is 0 Å². The second-order valence-electron chi connectivity index (χ2n) is 0.734. The van der Waals surface area contributed by atoms with E-state index in [1.54, 1.807) is 0 Å². The standard InChI is InChI=1S/C3H6O2S.Au/c1-5-3(4)2-6;/h6H,2H2,1H3;. The van der Waals surface area contributed by atoms with Crippen LogP contribution in [0, 0.1) is 0 Å². The Bertz CT molecular complexity index is 50.9. The van der Waals surface area contributed by atoms with Crippen LogP contribution in [0.3, 0.4) is 0 Å². The van der Waals surface area contributed by atoms with Crippen molar-refractivity contribution in [2.24, 2.45) is 0 Å². The molecule has 0 saturated carbocycles. The monoisotopic (exact) mass is 303 g/mol. The van der Waals surface area contributed by atoms with E-state index in [0.717, 1.165) is 0 Å². The fourth-order valence-electron chi connectivity index (χ4n) is 0.0645. The maximum Gasteiger partial charge on any atom is 0.315 e. The average molecular weight is 303 g/mol. The van der Waals surface area contributed by atoms with Crippen LogP contribution in [0.2, 0.25) is 0 Å². The van der Waals surface area contributed by atoms with Crippen molar-refractivity contribution in [3.05, 3.63) is 0 Å². The van der Waals surface area contributed by atoms with Crippen molar-refractivity contribution in [2.75, 3.05) is 12.9 Å². The second kappa shape index (κ2) is 6.56. The van der Waals surface area contributed by atoms with E-state index in [1.807, 2.05) is 0 Å². The van der Waals surface area contributed by atoms with E-state index in [9.17, 15) is 4.79 Å². The summed E-state index contributed by atoms with van der Waals surface area (Å²) in [5, 5.41) is 0. The van der Waals surface area contributed by atoms with Crippen molar-refractivity contribution in [3.8, 4) is 0 Å². The van der Waals surface area contributed by atoms with E-state index in [1.165, 1.54) is 7.11 Å². The minimum atomic E-state index is -0.293. The van der Waals surface area contributed by atoms with E-state index < -0.39 is 0 Å². The quantitative estimate of drug-likeness (QED) is 0.422. The number of hydrogen-bond acceptors (Lipinski definition) is 3. The number of methoxy groups -OCH3 is 1. The van der Waals surface area contributed by atoms with Crippen LogP contribution in [-0.2, 0) is 31.9 Å². The summed E-state index contributed by atoms with van der Waals surface area (Å²) in [4.78, 5) is 9.88. The molecular weight excluding hydrogens is 297 g/mol. The van der Waals surface area contributed by atoms with E-state index >= 15 is 0 Å². The molecule has 7 heavy (non-hydrogen) atoms. The van der Waals surface area contributed by atoms with Crippen LogP contribution in [0.15, 0.2) is 0 Å². The molecule has 0 spiro atoms. The molecule has 0 aliphatic rings. The Balaban J connectivity index is 0. The van der Waals surface area contributed by atoms with E-state index in [0.29, 0.717) is 0 Å². The summed E-state index contributed by atoms with van der Waals surface area (Å²) in [6, 6.07) is 0. The molecule has 47 valence electrons. The van der Waals surface area contributed by atoms with Crippen LogP contribution >= 0.6 is 12.6 Å². The first-order chi connectivity index (χ1) is 2.81. The van der Waals surface area contributed by atoms with Crippen LogP contribution in [-0.4, -0.2) is 18.8 Å². The van der Waals surface area contributed by atoms with Gasteiger partial charge in [0, 0.05) is 22.4 Å². The van der Waals surface area contributed by atoms with Gasteiger partial charge in [-0.25, -0.2) is 0 Å². The van der Waals surface area contributed by atoms with Gasteiger partial charge < -0.3 is 4.74 Å². The fourth-order valence-corrected chi connectivity index (χ4v) is 0.194. The largest absolute Gasteiger partial charge is 0.468 e. The minimum Gasteiger partial charge on any atom is -0.468 e. The van der Waals surface area contributed by atoms with Crippen molar-refractivity contribution in [3.63, 3.8) is 0 Å². The Morgan fingerprint density at radius 3 is 2.29 bits per heavy atom. The van der Waals surface area contributed by atoms with E-state index in [2.05, 4.69) is 17.4 Å². The van der Waals surface area contributed by atoms with Crippen LogP contribution < -0.4 is 0 Å². The van der Waals surface area contributed by atoms with E-state index in [-0.39, 0.29) is 34.1 Å². The van der Waals surface area contributed by atoms with Gasteiger partial charge in [-0.1, -0.05) is 0 Å². The number of carbonyl (C=O) groups excluding carboxylic acids is 1. The zero-order valence-corrected chi connectivity index (χ0v) is 6.83. The molecule has 0 fully saturated rings. The van der Waals surface area contributed by atoms with Crippen molar-refractivity contribution < 1.29 is 31.9 Å². The van der Waals surface area contributed by atoms with Crippen molar-refractivity contribution >= 4 is 18.6 Å². The molecule has 1 radical (unpaired) electrons. The molecule has 0 aromatic carbocycles. The molecule has 0 aliphatic carbocycles. The summed E-state index contributed by atoms with van der Waals surface area (Å²) in [5.41, 5.74) is 0. The third-order valence-corrected chi connectivity index (χ3v) is 0.615. The third kappa shape index (κ3) is 6.56. The molecule has 0 rings (SSSR count). The predicted molar refractivity (Wildman–Crippen MR) is 25.9 cm³/mol. The Morgan fingerprint density at radius 1 is 1.86 bits per heavy atom. The van der Waals surface area contributed by atoms with E-state index in [4.69, 9.17) is 0 Å². The van der Waals surface area contributed by atoms with Gasteiger partial charge in [-0.3, -0.25) is 4.79 Å². The molecule has 0 bridgehead atoms. The molecule has 0 saturated heterocycles. The summed E-state index contributed by atoms with van der Waals surface area (Å²) < 4.78 is 4.18. The number of hydrogen-bond donors (Lipinski definition) is 1. The molecular formula is C3H6AuO2S. The first kappa shape index (κ1) is 10.5. The van der Waals surface area contributed by atoms with Gasteiger partial charge in [0.2, 0.25) is 0 Å². The molecule has 0 aromatic rings. The van der Waals surface area contributed by atoms with Gasteiger partial charge in [-0.05, 0) is 0 Å². The number of carbonyl (C=O) groups is 1. The first-order valence-corrected chi connectivity index (χ1v) is 2.12. The summed E-state index contributed by atoms with van der Waals surface area (Å²) in [6.07, 6.45) is 0. The van der Waals surface area contributed by atoms with Gasteiger partial charge in [0.15, 0.2) is 0 Å². The normalized spacial score (nSPS) is 6.57. The summed E-state index contributed by atoms with van der Waals surface area (Å²) in [6.45, 7) is 0. The number of ether oxygens (including phenoxy) is 1. The fraction of sp³-hybridized carbons (Fsp3) is 0.667. The molecule has 0 heterocycles. The maximum absolute atomic E-state index is 9.88. The number of thiol groups is 1. The first-order valence-electron chi connectivity index (χ1n) is 1.49. The minimum absolute atomic E-state index is 0. The van der Waals surface area contributed by atoms with Gasteiger partial charge >= 0.3 is 5.97 Å². The number of esters is 1. The Kier molecular flexibility index (Phi) is 9.86. The zero-order valence-electron chi connectivity index (χ0n) is 3.77. The second-order valence-corrected chi connectivity index (χ2v) is 1.05. The van der Waals surface area contributed by atoms with Crippen LogP contribution in [0.1, 0.15) is 0 Å². The van der Waals surface area contributed by atoms with Gasteiger partial charge in [-0.2, -0.15) is 12.6 Å². The van der Waals surface area contributed by atoms with Crippen LogP contribution in [0.5, 0.6) is 0 Å². The molecule has 0 N–H and O–H groups in total. The van der Waals surface area contributed by atoms with Crippen molar-refractivity contribution in [1.29, 1.82) is 0 Å². The summed E-state index contributed by atoms with van der Waals surface area (Å²) >= 11 is 3.62. The molecule has 0 unspecified atom stereocenters. The van der Waals surface area contributed by atoms with Crippen molar-refractivity contribution in [2.45, 2.75) is 0 Å². The molecule has 4 heteroatoms. The third-order valence-electron chi connectivity index (χ3n) is 0.357. The molecule has 0 aliphatic heterocycles. The topological polar surface area (TPSA) is 26.3 Å². The maximum atomic E-state index is 9.88. The zero-order chi connectivity index (χ0) is 4.99. The Hall–Kier alpha value is 0.560. The van der Waals surface area contributed by atoms with Gasteiger partial charge in [0.05, 0.1) is 12.9 Å². The van der Waals surface area contributed by atoms with Crippen LogP contribution in [0.25, 0.3) is 0 Å². The van der Waals surface area contributed by atoms with Crippen molar-refractivity contribution in [1.82, 2.24) is 0 Å².